The third-order valence-corrected chi connectivity index (χ3v) is 4.63. The van der Waals surface area contributed by atoms with Gasteiger partial charge in [-0.2, -0.15) is 5.10 Å². The molecule has 8 heteroatoms. The highest BCUT2D eigenvalue weighted by molar-refractivity contribution is 7.13. The van der Waals surface area contributed by atoms with E-state index < -0.39 is 0 Å². The topological polar surface area (TPSA) is 67.2 Å². The summed E-state index contributed by atoms with van der Waals surface area (Å²) >= 11 is 1.47. The number of rotatable bonds is 5. The van der Waals surface area contributed by atoms with Crippen LogP contribution < -0.4 is 4.90 Å². The predicted molar refractivity (Wildman–Crippen MR) is 80.1 cm³/mol. The smallest absolute Gasteiger partial charge is 0.242 e. The molecule has 21 heavy (non-hydrogen) atoms. The van der Waals surface area contributed by atoms with Gasteiger partial charge in [0.05, 0.1) is 13.1 Å². The molecule has 1 aliphatic heterocycles. The molecular weight excluding hydrogens is 288 g/mol. The summed E-state index contributed by atoms with van der Waals surface area (Å²) < 4.78 is 1.83. The Kier molecular flexibility index (Phi) is 4.26. The highest BCUT2D eigenvalue weighted by atomic mass is 32.1. The van der Waals surface area contributed by atoms with Gasteiger partial charge in [0.2, 0.25) is 5.91 Å². The molecule has 0 bridgehead atoms. The molecule has 0 aromatic carbocycles. The van der Waals surface area contributed by atoms with Gasteiger partial charge in [0.15, 0.2) is 5.13 Å². The first-order valence-corrected chi connectivity index (χ1v) is 7.84. The number of anilines is 1. The second-order valence-corrected chi connectivity index (χ2v) is 6.02. The zero-order valence-electron chi connectivity index (χ0n) is 11.9. The molecule has 1 amide bonds. The molecule has 2 aromatic heterocycles. The second kappa shape index (κ2) is 6.31. The lowest BCUT2D eigenvalue weighted by atomic mass is 10.2. The molecule has 0 aliphatic carbocycles. The van der Waals surface area contributed by atoms with Crippen molar-refractivity contribution in [2.45, 2.75) is 25.4 Å². The van der Waals surface area contributed by atoms with Gasteiger partial charge in [-0.05, 0) is 19.4 Å². The Morgan fingerprint density at radius 3 is 3.19 bits per heavy atom. The fourth-order valence-electron chi connectivity index (χ4n) is 2.62. The molecular formula is C13H18N6OS. The Hall–Kier alpha value is -1.80. The summed E-state index contributed by atoms with van der Waals surface area (Å²) in [4.78, 5) is 24.4. The second-order valence-electron chi connectivity index (χ2n) is 5.15. The van der Waals surface area contributed by atoms with E-state index >= 15 is 0 Å². The van der Waals surface area contributed by atoms with Crippen LogP contribution in [0.25, 0.3) is 0 Å². The molecule has 7 nitrogen and oxygen atoms in total. The molecule has 3 rings (SSSR count). The number of carbonyl (C=O) groups is 1. The van der Waals surface area contributed by atoms with Gasteiger partial charge < -0.3 is 0 Å². The van der Waals surface area contributed by atoms with Gasteiger partial charge in [-0.15, -0.1) is 11.3 Å². The van der Waals surface area contributed by atoms with Crippen molar-refractivity contribution in [2.75, 3.05) is 25.0 Å². The zero-order valence-corrected chi connectivity index (χ0v) is 12.7. The number of likely N-dealkylation sites (tertiary alicyclic amines) is 1. The van der Waals surface area contributed by atoms with Gasteiger partial charge in [0, 0.05) is 24.7 Å². The first-order valence-electron chi connectivity index (χ1n) is 6.96. The Balaban J connectivity index is 1.59. The van der Waals surface area contributed by atoms with E-state index in [0.29, 0.717) is 12.6 Å². The van der Waals surface area contributed by atoms with E-state index in [9.17, 15) is 4.79 Å². The monoisotopic (exact) mass is 306 g/mol. The first kappa shape index (κ1) is 14.2. The largest absolute Gasteiger partial charge is 0.290 e. The van der Waals surface area contributed by atoms with E-state index in [1.807, 2.05) is 10.1 Å². The summed E-state index contributed by atoms with van der Waals surface area (Å²) in [5.41, 5.74) is 0. The average molecular weight is 306 g/mol. The minimum atomic E-state index is 0.0791. The van der Waals surface area contributed by atoms with Gasteiger partial charge in [-0.1, -0.05) is 0 Å². The SMILES string of the molecule is CN(C(=O)CN1CCC[C@@H]1Cn1cncn1)c1nccs1. The van der Waals surface area contributed by atoms with Gasteiger partial charge in [-0.3, -0.25) is 19.3 Å². The van der Waals surface area contributed by atoms with Gasteiger partial charge in [0.25, 0.3) is 0 Å². The number of nitrogens with zero attached hydrogens (tertiary/aromatic N) is 6. The highest BCUT2D eigenvalue weighted by Crippen LogP contribution is 2.20. The van der Waals surface area contributed by atoms with Crippen molar-refractivity contribution >= 4 is 22.4 Å². The Morgan fingerprint density at radius 1 is 1.57 bits per heavy atom. The van der Waals surface area contributed by atoms with E-state index in [1.165, 1.54) is 11.3 Å². The Morgan fingerprint density at radius 2 is 2.48 bits per heavy atom. The predicted octanol–water partition coefficient (Wildman–Crippen LogP) is 0.862. The molecule has 1 fully saturated rings. The summed E-state index contributed by atoms with van der Waals surface area (Å²) in [5.74, 6) is 0.0791. The number of carbonyl (C=O) groups excluding carboxylic acids is 1. The molecule has 2 aromatic rings. The number of thiazole rings is 1. The molecule has 0 radical (unpaired) electrons. The van der Waals surface area contributed by atoms with Crippen LogP contribution >= 0.6 is 11.3 Å². The molecule has 3 heterocycles. The maximum absolute atomic E-state index is 12.4. The minimum Gasteiger partial charge on any atom is -0.290 e. The normalized spacial score (nSPS) is 19.0. The number of likely N-dealkylation sites (N-methyl/N-ethyl adjacent to an activating group) is 1. The van der Waals surface area contributed by atoms with Crippen LogP contribution in [0.3, 0.4) is 0 Å². The van der Waals surface area contributed by atoms with Crippen molar-refractivity contribution < 1.29 is 4.79 Å². The van der Waals surface area contributed by atoms with E-state index in [-0.39, 0.29) is 5.91 Å². The minimum absolute atomic E-state index is 0.0791. The molecule has 0 saturated carbocycles. The number of amides is 1. The maximum atomic E-state index is 12.4. The van der Waals surface area contributed by atoms with Crippen LogP contribution in [0, 0.1) is 0 Å². The summed E-state index contributed by atoms with van der Waals surface area (Å²) in [6.07, 6.45) is 7.19. The Labute approximate surface area is 127 Å². The lowest BCUT2D eigenvalue weighted by Crippen LogP contribution is -2.42. The number of aromatic nitrogens is 4. The first-order chi connectivity index (χ1) is 10.2. The molecule has 0 N–H and O–H groups in total. The van der Waals surface area contributed by atoms with Gasteiger partial charge >= 0.3 is 0 Å². The van der Waals surface area contributed by atoms with Crippen LogP contribution in [0.5, 0.6) is 0 Å². The summed E-state index contributed by atoms with van der Waals surface area (Å²) in [5, 5.41) is 6.76. The lowest BCUT2D eigenvalue weighted by Gasteiger charge is -2.25. The van der Waals surface area contributed by atoms with Crippen LogP contribution in [-0.2, 0) is 11.3 Å². The van der Waals surface area contributed by atoms with Crippen LogP contribution in [0.2, 0.25) is 0 Å². The van der Waals surface area contributed by atoms with E-state index in [0.717, 1.165) is 31.1 Å². The van der Waals surface area contributed by atoms with Crippen molar-refractivity contribution in [3.05, 3.63) is 24.2 Å². The fourth-order valence-corrected chi connectivity index (χ4v) is 3.25. The molecule has 112 valence electrons. The fraction of sp³-hybridized carbons (Fsp3) is 0.538. The highest BCUT2D eigenvalue weighted by Gasteiger charge is 2.28. The molecule has 0 unspecified atom stereocenters. The van der Waals surface area contributed by atoms with Gasteiger partial charge in [-0.25, -0.2) is 9.97 Å². The average Bonchev–Trinajstić information content (AvgIpc) is 3.21. The maximum Gasteiger partial charge on any atom is 0.242 e. The summed E-state index contributed by atoms with van der Waals surface area (Å²) in [7, 11) is 1.78. The van der Waals surface area contributed by atoms with E-state index in [4.69, 9.17) is 0 Å². The summed E-state index contributed by atoms with van der Waals surface area (Å²) in [6.45, 7) is 2.17. The molecule has 1 aliphatic rings. The zero-order chi connectivity index (χ0) is 14.7. The Bertz CT molecular complexity index is 570. The van der Waals surface area contributed by atoms with Crippen molar-refractivity contribution in [1.29, 1.82) is 0 Å². The van der Waals surface area contributed by atoms with Gasteiger partial charge in [0.1, 0.15) is 12.7 Å². The van der Waals surface area contributed by atoms with E-state index in [2.05, 4.69) is 20.0 Å². The summed E-state index contributed by atoms with van der Waals surface area (Å²) in [6, 6.07) is 0.348. The van der Waals surface area contributed by atoms with Crippen LogP contribution in [0.4, 0.5) is 5.13 Å². The quantitative estimate of drug-likeness (QED) is 0.820. The number of hydrogen-bond donors (Lipinski definition) is 0. The number of hydrogen-bond acceptors (Lipinski definition) is 6. The molecule has 1 saturated heterocycles. The van der Waals surface area contributed by atoms with Crippen molar-refractivity contribution in [1.82, 2.24) is 24.6 Å². The molecule has 0 spiro atoms. The van der Waals surface area contributed by atoms with Crippen molar-refractivity contribution in [3.63, 3.8) is 0 Å². The third-order valence-electron chi connectivity index (χ3n) is 3.78. The van der Waals surface area contributed by atoms with Crippen molar-refractivity contribution in [2.24, 2.45) is 0 Å². The van der Waals surface area contributed by atoms with Crippen LogP contribution in [0.15, 0.2) is 24.2 Å². The van der Waals surface area contributed by atoms with E-state index in [1.54, 1.807) is 30.8 Å². The van der Waals surface area contributed by atoms with Crippen LogP contribution in [-0.4, -0.2) is 56.7 Å². The standard InChI is InChI=1S/C13H18N6OS/c1-17(13-15-4-6-21-13)12(20)8-18-5-2-3-11(18)7-19-10-14-9-16-19/h4,6,9-11H,2-3,5,7-8H2,1H3/t11-/m1/s1. The third kappa shape index (κ3) is 3.27. The van der Waals surface area contributed by atoms with Crippen LogP contribution in [0.1, 0.15) is 12.8 Å². The lowest BCUT2D eigenvalue weighted by molar-refractivity contribution is -0.119. The molecule has 1 atom stereocenters. The van der Waals surface area contributed by atoms with Crippen molar-refractivity contribution in [3.8, 4) is 0 Å².